The van der Waals surface area contributed by atoms with Gasteiger partial charge in [-0.3, -0.25) is 4.90 Å². The van der Waals surface area contributed by atoms with Gasteiger partial charge in [-0.2, -0.15) is 0 Å². The highest BCUT2D eigenvalue weighted by molar-refractivity contribution is 5.41. The van der Waals surface area contributed by atoms with Crippen molar-refractivity contribution in [2.75, 3.05) is 25.4 Å². The highest BCUT2D eigenvalue weighted by atomic mass is 16.5. The van der Waals surface area contributed by atoms with Gasteiger partial charge in [-0.05, 0) is 50.1 Å². The van der Waals surface area contributed by atoms with Crippen LogP contribution in [0, 0.1) is 0 Å². The van der Waals surface area contributed by atoms with Gasteiger partial charge in [-0.1, -0.05) is 13.3 Å². The molecule has 100 valence electrons. The van der Waals surface area contributed by atoms with Crippen LogP contribution >= 0.6 is 0 Å². The predicted octanol–water partition coefficient (Wildman–Crippen LogP) is 2.91. The maximum Gasteiger partial charge on any atom is 0.119 e. The van der Waals surface area contributed by atoms with E-state index in [2.05, 4.69) is 11.8 Å². The Labute approximate surface area is 110 Å². The lowest BCUT2D eigenvalue weighted by atomic mass is 10.0. The first-order chi connectivity index (χ1) is 8.79. The number of likely N-dealkylation sites (tertiary alicyclic amines) is 1. The number of nitrogens with two attached hydrogens (primary N) is 1. The summed E-state index contributed by atoms with van der Waals surface area (Å²) in [5, 5.41) is 0. The Morgan fingerprint density at radius 3 is 2.78 bits per heavy atom. The van der Waals surface area contributed by atoms with Crippen molar-refractivity contribution in [1.29, 1.82) is 0 Å². The van der Waals surface area contributed by atoms with Crippen LogP contribution in [-0.2, 0) is 0 Å². The topological polar surface area (TPSA) is 38.5 Å². The molecule has 0 radical (unpaired) electrons. The van der Waals surface area contributed by atoms with Gasteiger partial charge in [0.1, 0.15) is 12.4 Å². The number of piperidine rings is 1. The van der Waals surface area contributed by atoms with Crippen LogP contribution in [0.1, 0.15) is 32.6 Å². The van der Waals surface area contributed by atoms with E-state index in [1.807, 2.05) is 24.3 Å². The number of rotatable bonds is 5. The van der Waals surface area contributed by atoms with Gasteiger partial charge in [0.15, 0.2) is 0 Å². The van der Waals surface area contributed by atoms with Crippen LogP contribution in [0.4, 0.5) is 5.69 Å². The van der Waals surface area contributed by atoms with Crippen molar-refractivity contribution >= 4 is 5.69 Å². The van der Waals surface area contributed by atoms with Crippen molar-refractivity contribution < 1.29 is 4.74 Å². The zero-order valence-electron chi connectivity index (χ0n) is 11.3. The molecule has 3 nitrogen and oxygen atoms in total. The molecule has 0 saturated carbocycles. The third-order valence-corrected chi connectivity index (χ3v) is 3.75. The van der Waals surface area contributed by atoms with Gasteiger partial charge in [0.05, 0.1) is 0 Å². The molecule has 1 unspecified atom stereocenters. The molecule has 1 atom stereocenters. The molecule has 0 aliphatic carbocycles. The SMILES string of the molecule is CCC1CCCCN1CCOc1ccc(N)cc1. The lowest BCUT2D eigenvalue weighted by Gasteiger charge is -2.34. The summed E-state index contributed by atoms with van der Waals surface area (Å²) < 4.78 is 5.76. The lowest BCUT2D eigenvalue weighted by molar-refractivity contribution is 0.120. The predicted molar refractivity (Wildman–Crippen MR) is 75.9 cm³/mol. The normalized spacial score (nSPS) is 20.8. The first-order valence-corrected chi connectivity index (χ1v) is 7.02. The Morgan fingerprint density at radius 1 is 1.28 bits per heavy atom. The summed E-state index contributed by atoms with van der Waals surface area (Å²) in [6, 6.07) is 8.38. The van der Waals surface area contributed by atoms with Crippen LogP contribution in [0.15, 0.2) is 24.3 Å². The minimum Gasteiger partial charge on any atom is -0.492 e. The Bertz CT molecular complexity index is 350. The fourth-order valence-corrected chi connectivity index (χ4v) is 2.66. The van der Waals surface area contributed by atoms with E-state index in [1.165, 1.54) is 32.2 Å². The van der Waals surface area contributed by atoms with E-state index in [4.69, 9.17) is 10.5 Å². The van der Waals surface area contributed by atoms with Gasteiger partial charge < -0.3 is 10.5 Å². The van der Waals surface area contributed by atoms with Crippen molar-refractivity contribution in [1.82, 2.24) is 4.90 Å². The molecule has 2 rings (SSSR count). The highest BCUT2D eigenvalue weighted by Gasteiger charge is 2.19. The number of nitrogens with zero attached hydrogens (tertiary/aromatic N) is 1. The van der Waals surface area contributed by atoms with E-state index < -0.39 is 0 Å². The van der Waals surface area contributed by atoms with Crippen LogP contribution in [0.2, 0.25) is 0 Å². The molecule has 1 heterocycles. The minimum atomic E-state index is 0.758. The summed E-state index contributed by atoms with van der Waals surface area (Å²) in [7, 11) is 0. The quantitative estimate of drug-likeness (QED) is 0.814. The summed E-state index contributed by atoms with van der Waals surface area (Å²) >= 11 is 0. The van der Waals surface area contributed by atoms with Crippen LogP contribution < -0.4 is 10.5 Å². The number of ether oxygens (including phenoxy) is 1. The molecule has 1 aliphatic rings. The Kier molecular flexibility index (Phi) is 4.88. The maximum atomic E-state index is 5.76. The van der Waals surface area contributed by atoms with Gasteiger partial charge in [-0.15, -0.1) is 0 Å². The van der Waals surface area contributed by atoms with Crippen LogP contribution in [0.3, 0.4) is 0 Å². The van der Waals surface area contributed by atoms with Crippen LogP contribution in [0.25, 0.3) is 0 Å². The summed E-state index contributed by atoms with van der Waals surface area (Å²) in [5.41, 5.74) is 6.43. The van der Waals surface area contributed by atoms with Crippen molar-refractivity contribution in [3.63, 3.8) is 0 Å². The molecule has 0 aromatic heterocycles. The van der Waals surface area contributed by atoms with E-state index in [9.17, 15) is 0 Å². The molecular formula is C15H24N2O. The maximum absolute atomic E-state index is 5.76. The van der Waals surface area contributed by atoms with Gasteiger partial charge in [-0.25, -0.2) is 0 Å². The largest absolute Gasteiger partial charge is 0.492 e. The van der Waals surface area contributed by atoms with E-state index in [-0.39, 0.29) is 0 Å². The van der Waals surface area contributed by atoms with E-state index in [0.29, 0.717) is 0 Å². The molecule has 2 N–H and O–H groups in total. The molecule has 18 heavy (non-hydrogen) atoms. The molecule has 1 aromatic carbocycles. The average molecular weight is 248 g/mol. The van der Waals surface area contributed by atoms with Crippen LogP contribution in [-0.4, -0.2) is 30.6 Å². The van der Waals surface area contributed by atoms with Crippen LogP contribution in [0.5, 0.6) is 5.75 Å². The fourth-order valence-electron chi connectivity index (χ4n) is 2.66. The first kappa shape index (κ1) is 13.2. The second-order valence-electron chi connectivity index (χ2n) is 5.01. The second kappa shape index (κ2) is 6.64. The second-order valence-corrected chi connectivity index (χ2v) is 5.01. The molecule has 0 bridgehead atoms. The third kappa shape index (κ3) is 3.64. The standard InChI is InChI=1S/C15H24N2O/c1-2-14-5-3-4-10-17(14)11-12-18-15-8-6-13(16)7-9-15/h6-9,14H,2-5,10-12,16H2,1H3. The molecule has 1 saturated heterocycles. The van der Waals surface area contributed by atoms with Crippen molar-refractivity contribution in [2.24, 2.45) is 0 Å². The van der Waals surface area contributed by atoms with Crippen molar-refractivity contribution in [3.8, 4) is 5.75 Å². The van der Waals surface area contributed by atoms with Crippen molar-refractivity contribution in [3.05, 3.63) is 24.3 Å². The lowest BCUT2D eigenvalue weighted by Crippen LogP contribution is -2.41. The number of hydrogen-bond donors (Lipinski definition) is 1. The Balaban J connectivity index is 1.75. The number of benzene rings is 1. The number of nitrogen functional groups attached to an aromatic ring is 1. The third-order valence-electron chi connectivity index (χ3n) is 3.75. The fraction of sp³-hybridized carbons (Fsp3) is 0.600. The minimum absolute atomic E-state index is 0.758. The van der Waals surface area contributed by atoms with Crippen molar-refractivity contribution in [2.45, 2.75) is 38.6 Å². The number of anilines is 1. The van der Waals surface area contributed by atoms with Gasteiger partial charge in [0, 0.05) is 18.3 Å². The molecule has 1 aliphatic heterocycles. The zero-order chi connectivity index (χ0) is 12.8. The molecular weight excluding hydrogens is 224 g/mol. The smallest absolute Gasteiger partial charge is 0.119 e. The summed E-state index contributed by atoms with van der Waals surface area (Å²) in [6.45, 7) is 5.30. The Morgan fingerprint density at radius 2 is 2.06 bits per heavy atom. The monoisotopic (exact) mass is 248 g/mol. The number of hydrogen-bond acceptors (Lipinski definition) is 3. The van der Waals surface area contributed by atoms with E-state index in [0.717, 1.165) is 30.6 Å². The van der Waals surface area contributed by atoms with E-state index >= 15 is 0 Å². The molecule has 3 heteroatoms. The molecule has 0 amide bonds. The zero-order valence-corrected chi connectivity index (χ0v) is 11.3. The van der Waals surface area contributed by atoms with Gasteiger partial charge in [0.25, 0.3) is 0 Å². The summed E-state index contributed by atoms with van der Waals surface area (Å²) in [4.78, 5) is 2.57. The summed E-state index contributed by atoms with van der Waals surface area (Å²) in [5.74, 6) is 0.911. The first-order valence-electron chi connectivity index (χ1n) is 7.02. The average Bonchev–Trinajstić information content (AvgIpc) is 2.41. The highest BCUT2D eigenvalue weighted by Crippen LogP contribution is 2.19. The summed E-state index contributed by atoms with van der Waals surface area (Å²) in [6.07, 6.45) is 5.31. The van der Waals surface area contributed by atoms with Gasteiger partial charge >= 0.3 is 0 Å². The molecule has 0 spiro atoms. The van der Waals surface area contributed by atoms with Gasteiger partial charge in [0.2, 0.25) is 0 Å². The van der Waals surface area contributed by atoms with E-state index in [1.54, 1.807) is 0 Å². The Hall–Kier alpha value is -1.22. The molecule has 1 fully saturated rings. The molecule has 1 aromatic rings.